The van der Waals surface area contributed by atoms with Gasteiger partial charge in [0, 0.05) is 31.7 Å². The maximum atomic E-state index is 13.3. The first-order chi connectivity index (χ1) is 15.9. The van der Waals surface area contributed by atoms with E-state index in [9.17, 15) is 18.0 Å². The minimum atomic E-state index is -4.57. The third-order valence-electron chi connectivity index (χ3n) is 5.47. The van der Waals surface area contributed by atoms with E-state index in [0.29, 0.717) is 38.6 Å². The molecule has 9 heteroatoms. The zero-order valence-electron chi connectivity index (χ0n) is 18.0. The second-order valence-corrected chi connectivity index (χ2v) is 7.56. The van der Waals surface area contributed by atoms with Crippen LogP contribution in [0.4, 0.5) is 19.0 Å². The van der Waals surface area contributed by atoms with Crippen LogP contribution in [0.2, 0.25) is 0 Å². The largest absolute Gasteiger partial charge is 0.494 e. The summed E-state index contributed by atoms with van der Waals surface area (Å²) in [4.78, 5) is 16.2. The maximum Gasteiger partial charge on any atom is 0.417 e. The highest BCUT2D eigenvalue weighted by molar-refractivity contribution is 5.96. The van der Waals surface area contributed by atoms with E-state index in [2.05, 4.69) is 10.2 Å². The smallest absolute Gasteiger partial charge is 0.417 e. The molecule has 0 atom stereocenters. The molecule has 6 nitrogen and oxygen atoms in total. The van der Waals surface area contributed by atoms with Crippen molar-refractivity contribution in [3.8, 4) is 17.0 Å². The van der Waals surface area contributed by atoms with E-state index < -0.39 is 17.6 Å². The molecular formula is C24H23F3N4O2. The number of piperazine rings is 1. The molecule has 0 N–H and O–H groups in total. The van der Waals surface area contributed by atoms with Gasteiger partial charge in [-0.05, 0) is 55.5 Å². The van der Waals surface area contributed by atoms with Crippen LogP contribution in [0.1, 0.15) is 22.8 Å². The van der Waals surface area contributed by atoms with Gasteiger partial charge in [0.25, 0.3) is 5.91 Å². The molecule has 3 aromatic rings. The lowest BCUT2D eigenvalue weighted by molar-refractivity contribution is -0.138. The summed E-state index contributed by atoms with van der Waals surface area (Å²) in [5, 5.41) is 8.61. The Hall–Kier alpha value is -3.62. The van der Waals surface area contributed by atoms with Crippen LogP contribution in [0.15, 0.2) is 60.7 Å². The molecule has 2 heterocycles. The Morgan fingerprint density at radius 1 is 0.939 bits per heavy atom. The van der Waals surface area contributed by atoms with Crippen molar-refractivity contribution in [2.75, 3.05) is 37.7 Å². The molecule has 1 aliphatic rings. The molecule has 0 radical (unpaired) electrons. The average Bonchev–Trinajstić information content (AvgIpc) is 2.84. The van der Waals surface area contributed by atoms with Crippen LogP contribution in [0.25, 0.3) is 11.3 Å². The minimum absolute atomic E-state index is 0.299. The van der Waals surface area contributed by atoms with Crippen LogP contribution in [0, 0.1) is 0 Å². The number of anilines is 1. The molecule has 4 rings (SSSR count). The highest BCUT2D eigenvalue weighted by Gasteiger charge is 2.36. The van der Waals surface area contributed by atoms with Gasteiger partial charge in [0.05, 0.1) is 23.4 Å². The number of rotatable bonds is 5. The van der Waals surface area contributed by atoms with Gasteiger partial charge < -0.3 is 14.5 Å². The van der Waals surface area contributed by atoms with Crippen LogP contribution in [0.3, 0.4) is 0 Å². The number of ether oxygens (including phenoxy) is 1. The Labute approximate surface area is 189 Å². The third kappa shape index (κ3) is 5.08. The summed E-state index contributed by atoms with van der Waals surface area (Å²) in [7, 11) is 0. The quantitative estimate of drug-likeness (QED) is 0.565. The Bertz CT molecular complexity index is 1090. The van der Waals surface area contributed by atoms with Crippen molar-refractivity contribution in [3.63, 3.8) is 0 Å². The van der Waals surface area contributed by atoms with Gasteiger partial charge in [0.15, 0.2) is 5.82 Å². The van der Waals surface area contributed by atoms with Gasteiger partial charge in [0.2, 0.25) is 0 Å². The van der Waals surface area contributed by atoms with Crippen LogP contribution in [-0.2, 0) is 6.18 Å². The number of benzene rings is 2. The Kier molecular flexibility index (Phi) is 6.48. The molecule has 0 aliphatic carbocycles. The van der Waals surface area contributed by atoms with Gasteiger partial charge in [-0.1, -0.05) is 12.1 Å². The lowest BCUT2D eigenvalue weighted by Crippen LogP contribution is -2.49. The highest BCUT2D eigenvalue weighted by Crippen LogP contribution is 2.32. The van der Waals surface area contributed by atoms with E-state index >= 15 is 0 Å². The molecule has 1 saturated heterocycles. The van der Waals surface area contributed by atoms with Crippen LogP contribution in [-0.4, -0.2) is 53.8 Å². The number of amides is 1. The second kappa shape index (κ2) is 9.48. The molecule has 0 bridgehead atoms. The molecule has 1 amide bonds. The lowest BCUT2D eigenvalue weighted by Gasteiger charge is -2.35. The molecule has 1 aliphatic heterocycles. The number of carbonyl (C=O) groups is 1. The number of hydrogen-bond acceptors (Lipinski definition) is 5. The standard InChI is InChI=1S/C24H23F3N4O2/c1-2-33-18-9-7-17(8-10-18)21-11-12-22(29-28-21)30-13-15-31(16-14-30)23(32)19-5-3-4-6-20(19)24(25,26)27/h3-12H,2,13-16H2,1H3. The summed E-state index contributed by atoms with van der Waals surface area (Å²) >= 11 is 0. The summed E-state index contributed by atoms with van der Waals surface area (Å²) in [6.07, 6.45) is -4.57. The van der Waals surface area contributed by atoms with E-state index in [1.807, 2.05) is 48.2 Å². The molecular weight excluding hydrogens is 433 g/mol. The molecule has 172 valence electrons. The fourth-order valence-electron chi connectivity index (χ4n) is 3.76. The first-order valence-electron chi connectivity index (χ1n) is 10.6. The summed E-state index contributed by atoms with van der Waals surface area (Å²) in [5.74, 6) is 0.836. The molecule has 33 heavy (non-hydrogen) atoms. The van der Waals surface area contributed by atoms with Crippen LogP contribution < -0.4 is 9.64 Å². The number of hydrogen-bond donors (Lipinski definition) is 0. The summed E-state index contributed by atoms with van der Waals surface area (Å²) in [6.45, 7) is 4.03. The molecule has 1 aromatic heterocycles. The van der Waals surface area contributed by atoms with Crippen LogP contribution in [0.5, 0.6) is 5.75 Å². The summed E-state index contributed by atoms with van der Waals surface area (Å²) in [5.41, 5.74) is 0.404. The molecule has 1 fully saturated rings. The SMILES string of the molecule is CCOc1ccc(-c2ccc(N3CCN(C(=O)c4ccccc4C(F)(F)F)CC3)nn2)cc1. The van der Waals surface area contributed by atoms with Gasteiger partial charge in [-0.25, -0.2) is 0 Å². The lowest BCUT2D eigenvalue weighted by atomic mass is 10.1. The van der Waals surface area contributed by atoms with Gasteiger partial charge in [-0.2, -0.15) is 13.2 Å². The Morgan fingerprint density at radius 2 is 1.64 bits per heavy atom. The maximum absolute atomic E-state index is 13.3. The van der Waals surface area contributed by atoms with E-state index in [1.165, 1.54) is 23.1 Å². The van der Waals surface area contributed by atoms with Crippen molar-refractivity contribution >= 4 is 11.7 Å². The first-order valence-corrected chi connectivity index (χ1v) is 10.6. The van der Waals surface area contributed by atoms with Gasteiger partial charge >= 0.3 is 6.18 Å². The van der Waals surface area contributed by atoms with Crippen molar-refractivity contribution in [2.45, 2.75) is 13.1 Å². The van der Waals surface area contributed by atoms with Crippen molar-refractivity contribution < 1.29 is 22.7 Å². The molecule has 0 unspecified atom stereocenters. The van der Waals surface area contributed by atoms with Crippen molar-refractivity contribution in [2.24, 2.45) is 0 Å². The van der Waals surface area contributed by atoms with E-state index in [0.717, 1.165) is 23.1 Å². The molecule has 0 saturated carbocycles. The minimum Gasteiger partial charge on any atom is -0.494 e. The summed E-state index contributed by atoms with van der Waals surface area (Å²) < 4.78 is 45.3. The topological polar surface area (TPSA) is 58.6 Å². The predicted molar refractivity (Wildman–Crippen MR) is 118 cm³/mol. The van der Waals surface area contributed by atoms with Gasteiger partial charge in [0.1, 0.15) is 5.75 Å². The normalized spacial score (nSPS) is 14.3. The monoisotopic (exact) mass is 456 g/mol. The van der Waals surface area contributed by atoms with E-state index in [1.54, 1.807) is 0 Å². The first kappa shape index (κ1) is 22.6. The number of nitrogens with zero attached hydrogens (tertiary/aromatic N) is 4. The van der Waals surface area contributed by atoms with Crippen LogP contribution >= 0.6 is 0 Å². The number of halogens is 3. The highest BCUT2D eigenvalue weighted by atomic mass is 19.4. The zero-order chi connectivity index (χ0) is 23.4. The van der Waals surface area contributed by atoms with E-state index in [-0.39, 0.29) is 5.56 Å². The fourth-order valence-corrected chi connectivity index (χ4v) is 3.76. The number of aromatic nitrogens is 2. The number of alkyl halides is 3. The predicted octanol–water partition coefficient (Wildman–Crippen LogP) is 4.52. The van der Waals surface area contributed by atoms with Crippen molar-refractivity contribution in [1.29, 1.82) is 0 Å². The third-order valence-corrected chi connectivity index (χ3v) is 5.47. The van der Waals surface area contributed by atoms with Crippen molar-refractivity contribution in [3.05, 3.63) is 71.8 Å². The zero-order valence-corrected chi connectivity index (χ0v) is 18.0. The summed E-state index contributed by atoms with van der Waals surface area (Å²) in [6, 6.07) is 16.2. The van der Waals surface area contributed by atoms with Crippen molar-refractivity contribution in [1.82, 2.24) is 15.1 Å². The van der Waals surface area contributed by atoms with Gasteiger partial charge in [-0.15, -0.1) is 10.2 Å². The fraction of sp³-hybridized carbons (Fsp3) is 0.292. The number of carbonyl (C=O) groups excluding carboxylic acids is 1. The average molecular weight is 456 g/mol. The second-order valence-electron chi connectivity index (χ2n) is 7.56. The molecule has 0 spiro atoms. The van der Waals surface area contributed by atoms with E-state index in [4.69, 9.17) is 4.74 Å². The Morgan fingerprint density at radius 3 is 2.24 bits per heavy atom. The molecule has 2 aromatic carbocycles. The van der Waals surface area contributed by atoms with Gasteiger partial charge in [-0.3, -0.25) is 4.79 Å². The Balaban J connectivity index is 1.40.